The van der Waals surface area contributed by atoms with E-state index in [1.165, 1.54) is 5.57 Å². The minimum Gasteiger partial charge on any atom is -0.338 e. The van der Waals surface area contributed by atoms with E-state index >= 15 is 0 Å². The summed E-state index contributed by atoms with van der Waals surface area (Å²) in [4.78, 5) is 13.5. The largest absolute Gasteiger partial charge is 0.338 e. The minimum atomic E-state index is 0.196. The van der Waals surface area contributed by atoms with E-state index < -0.39 is 0 Å². The average molecular weight is 210 g/mol. The van der Waals surface area contributed by atoms with Crippen LogP contribution < -0.4 is 5.32 Å². The van der Waals surface area contributed by atoms with Gasteiger partial charge in [0.25, 0.3) is 0 Å². The number of hydrogen-bond acceptors (Lipinski definition) is 2. The van der Waals surface area contributed by atoms with Crippen molar-refractivity contribution in [3.63, 3.8) is 0 Å². The monoisotopic (exact) mass is 210 g/mol. The molecule has 3 heteroatoms. The van der Waals surface area contributed by atoms with Gasteiger partial charge in [-0.1, -0.05) is 32.4 Å². The van der Waals surface area contributed by atoms with Crippen LogP contribution in [0.2, 0.25) is 0 Å². The Labute approximate surface area is 92.5 Å². The molecule has 1 rings (SSSR count). The molecule has 0 aromatic carbocycles. The number of nitrogens with zero attached hydrogens (tertiary/aromatic N) is 1. The molecular formula is C12H22N2O. The molecule has 1 aliphatic heterocycles. The molecule has 0 atom stereocenters. The lowest BCUT2D eigenvalue weighted by Gasteiger charge is -2.32. The van der Waals surface area contributed by atoms with Crippen LogP contribution in [-0.2, 0) is 4.79 Å². The second-order valence-corrected chi connectivity index (χ2v) is 5.10. The Morgan fingerprint density at radius 1 is 1.53 bits per heavy atom. The number of hydrogen-bond donors (Lipinski definition) is 1. The Morgan fingerprint density at radius 3 is 2.60 bits per heavy atom. The van der Waals surface area contributed by atoms with Crippen molar-refractivity contribution in [2.24, 2.45) is 5.41 Å². The van der Waals surface area contributed by atoms with E-state index in [0.29, 0.717) is 6.54 Å². The zero-order chi connectivity index (χ0) is 11.5. The van der Waals surface area contributed by atoms with Gasteiger partial charge in [-0.15, -0.1) is 0 Å². The Balaban J connectivity index is 2.54. The van der Waals surface area contributed by atoms with Crippen molar-refractivity contribution in [3.8, 4) is 0 Å². The highest BCUT2D eigenvalue weighted by molar-refractivity contribution is 5.78. The lowest BCUT2D eigenvalue weighted by atomic mass is 9.83. The predicted molar refractivity (Wildman–Crippen MR) is 62.7 cm³/mol. The summed E-state index contributed by atoms with van der Waals surface area (Å²) < 4.78 is 0. The van der Waals surface area contributed by atoms with Gasteiger partial charge in [0.1, 0.15) is 0 Å². The predicted octanol–water partition coefficient (Wildman–Crippen LogP) is 1.41. The summed E-state index contributed by atoms with van der Waals surface area (Å²) in [5.74, 6) is 0.196. The van der Waals surface area contributed by atoms with Crippen LogP contribution in [-0.4, -0.2) is 37.5 Å². The maximum atomic E-state index is 11.6. The molecule has 15 heavy (non-hydrogen) atoms. The molecule has 0 unspecified atom stereocenters. The third kappa shape index (κ3) is 3.34. The van der Waals surface area contributed by atoms with E-state index in [4.69, 9.17) is 0 Å². The summed E-state index contributed by atoms with van der Waals surface area (Å²) in [6.07, 6.45) is 3.22. The minimum absolute atomic E-state index is 0.196. The first-order valence-electron chi connectivity index (χ1n) is 5.57. The SMILES string of the molecule is CNCC(=O)N1CC=C(C(C)(C)C)CC1. The molecule has 0 radical (unpaired) electrons. The maximum absolute atomic E-state index is 11.6. The summed E-state index contributed by atoms with van der Waals surface area (Å²) in [5.41, 5.74) is 1.72. The number of nitrogens with one attached hydrogen (secondary N) is 1. The Hall–Kier alpha value is -0.830. The van der Waals surface area contributed by atoms with Crippen molar-refractivity contribution >= 4 is 5.91 Å². The summed E-state index contributed by atoms with van der Waals surface area (Å²) in [6, 6.07) is 0. The van der Waals surface area contributed by atoms with Crippen LogP contribution in [0.5, 0.6) is 0 Å². The van der Waals surface area contributed by atoms with E-state index in [1.807, 2.05) is 4.90 Å². The van der Waals surface area contributed by atoms with Crippen molar-refractivity contribution < 1.29 is 4.79 Å². The third-order valence-electron chi connectivity index (χ3n) is 2.85. The Bertz CT molecular complexity index is 263. The van der Waals surface area contributed by atoms with Gasteiger partial charge in [0.2, 0.25) is 5.91 Å². The van der Waals surface area contributed by atoms with Crippen molar-refractivity contribution in [2.45, 2.75) is 27.2 Å². The van der Waals surface area contributed by atoms with E-state index in [-0.39, 0.29) is 11.3 Å². The molecule has 0 aromatic rings. The number of amides is 1. The van der Waals surface area contributed by atoms with Crippen molar-refractivity contribution in [1.82, 2.24) is 10.2 Å². The summed E-state index contributed by atoms with van der Waals surface area (Å²) in [6.45, 7) is 8.76. The van der Waals surface area contributed by atoms with Crippen molar-refractivity contribution in [2.75, 3.05) is 26.7 Å². The second-order valence-electron chi connectivity index (χ2n) is 5.10. The van der Waals surface area contributed by atoms with Gasteiger partial charge < -0.3 is 10.2 Å². The van der Waals surface area contributed by atoms with Gasteiger partial charge in [-0.05, 0) is 18.9 Å². The first-order chi connectivity index (χ1) is 6.95. The van der Waals surface area contributed by atoms with Crippen LogP contribution in [0.1, 0.15) is 27.2 Å². The number of rotatable bonds is 2. The van der Waals surface area contributed by atoms with E-state index in [2.05, 4.69) is 32.2 Å². The molecule has 1 amide bonds. The maximum Gasteiger partial charge on any atom is 0.236 e. The highest BCUT2D eigenvalue weighted by Crippen LogP contribution is 2.29. The molecule has 0 aliphatic carbocycles. The first-order valence-corrected chi connectivity index (χ1v) is 5.57. The molecule has 0 fully saturated rings. The smallest absolute Gasteiger partial charge is 0.236 e. The molecule has 0 aromatic heterocycles. The summed E-state index contributed by atoms with van der Waals surface area (Å²) >= 11 is 0. The number of carbonyl (C=O) groups is 1. The Morgan fingerprint density at radius 2 is 2.20 bits per heavy atom. The quantitative estimate of drug-likeness (QED) is 0.699. The lowest BCUT2D eigenvalue weighted by Crippen LogP contribution is -2.40. The molecule has 1 N–H and O–H groups in total. The molecule has 0 bridgehead atoms. The fraction of sp³-hybridized carbons (Fsp3) is 0.750. The zero-order valence-electron chi connectivity index (χ0n) is 10.3. The number of likely N-dealkylation sites (N-methyl/N-ethyl adjacent to an activating group) is 1. The summed E-state index contributed by atoms with van der Waals surface area (Å²) in [5, 5.41) is 2.89. The zero-order valence-corrected chi connectivity index (χ0v) is 10.3. The molecule has 0 spiro atoms. The standard InChI is InChI=1S/C12H22N2O/c1-12(2,3)10-5-7-14(8-6-10)11(15)9-13-4/h5,13H,6-9H2,1-4H3. The van der Waals surface area contributed by atoms with Gasteiger partial charge in [0.15, 0.2) is 0 Å². The van der Waals surface area contributed by atoms with Gasteiger partial charge in [0, 0.05) is 13.1 Å². The molecule has 0 saturated heterocycles. The van der Waals surface area contributed by atoms with Crippen LogP contribution in [0.4, 0.5) is 0 Å². The number of carbonyl (C=O) groups excluding carboxylic acids is 1. The normalized spacial score (nSPS) is 17.6. The van der Waals surface area contributed by atoms with Gasteiger partial charge in [-0.25, -0.2) is 0 Å². The van der Waals surface area contributed by atoms with Crippen LogP contribution in [0.15, 0.2) is 11.6 Å². The topological polar surface area (TPSA) is 32.3 Å². The first kappa shape index (κ1) is 12.2. The van der Waals surface area contributed by atoms with Crippen molar-refractivity contribution in [1.29, 1.82) is 0 Å². The van der Waals surface area contributed by atoms with Gasteiger partial charge >= 0.3 is 0 Å². The Kier molecular flexibility index (Phi) is 3.91. The van der Waals surface area contributed by atoms with Crippen LogP contribution >= 0.6 is 0 Å². The highest BCUT2D eigenvalue weighted by atomic mass is 16.2. The molecule has 0 saturated carbocycles. The van der Waals surface area contributed by atoms with Gasteiger partial charge in [-0.3, -0.25) is 4.79 Å². The van der Waals surface area contributed by atoms with Crippen LogP contribution in [0.25, 0.3) is 0 Å². The van der Waals surface area contributed by atoms with E-state index in [9.17, 15) is 4.79 Å². The van der Waals surface area contributed by atoms with E-state index in [1.54, 1.807) is 7.05 Å². The van der Waals surface area contributed by atoms with Crippen LogP contribution in [0.3, 0.4) is 0 Å². The average Bonchev–Trinajstić information content (AvgIpc) is 2.17. The highest BCUT2D eigenvalue weighted by Gasteiger charge is 2.22. The molecule has 1 aliphatic rings. The molecule has 86 valence electrons. The van der Waals surface area contributed by atoms with Gasteiger partial charge in [-0.2, -0.15) is 0 Å². The second kappa shape index (κ2) is 4.79. The van der Waals surface area contributed by atoms with Crippen molar-refractivity contribution in [3.05, 3.63) is 11.6 Å². The van der Waals surface area contributed by atoms with Crippen LogP contribution in [0, 0.1) is 5.41 Å². The molecular weight excluding hydrogens is 188 g/mol. The lowest BCUT2D eigenvalue weighted by molar-refractivity contribution is -0.129. The fourth-order valence-corrected chi connectivity index (χ4v) is 1.84. The summed E-state index contributed by atoms with van der Waals surface area (Å²) in [7, 11) is 1.80. The fourth-order valence-electron chi connectivity index (χ4n) is 1.84. The van der Waals surface area contributed by atoms with E-state index in [0.717, 1.165) is 19.5 Å². The third-order valence-corrected chi connectivity index (χ3v) is 2.85. The molecule has 3 nitrogen and oxygen atoms in total. The molecule has 1 heterocycles. The van der Waals surface area contributed by atoms with Gasteiger partial charge in [0.05, 0.1) is 6.54 Å².